The minimum absolute atomic E-state index is 1.08. The van der Waals surface area contributed by atoms with Gasteiger partial charge in [-0.05, 0) is 36.8 Å². The summed E-state index contributed by atoms with van der Waals surface area (Å²) in [5, 5.41) is 0. The van der Waals surface area contributed by atoms with Crippen LogP contribution in [0, 0.1) is 0 Å². The highest BCUT2D eigenvalue weighted by molar-refractivity contribution is 5.47. The lowest BCUT2D eigenvalue weighted by atomic mass is 10.1. The van der Waals surface area contributed by atoms with Crippen LogP contribution in [0.15, 0.2) is 92.1 Å². The summed E-state index contributed by atoms with van der Waals surface area (Å²) in [7, 11) is 0. The van der Waals surface area contributed by atoms with Crippen molar-refractivity contribution in [2.24, 2.45) is 0 Å². The molecule has 0 heterocycles. The molecule has 32 heavy (non-hydrogen) atoms. The van der Waals surface area contributed by atoms with Crippen LogP contribution in [0.1, 0.15) is 96.6 Å². The average Bonchev–Trinajstić information content (AvgIpc) is 3.62. The molecule has 1 aromatic carbocycles. The number of hydrogen-bond acceptors (Lipinski definition) is 0. The molecule has 2 aliphatic rings. The number of hydrogen-bond donors (Lipinski definition) is 0. The molecule has 3 rings (SSSR count). The molecule has 0 spiro atoms. The van der Waals surface area contributed by atoms with Crippen LogP contribution >= 0.6 is 0 Å². The van der Waals surface area contributed by atoms with Gasteiger partial charge < -0.3 is 0 Å². The van der Waals surface area contributed by atoms with E-state index in [1.54, 1.807) is 0 Å². The summed E-state index contributed by atoms with van der Waals surface area (Å²) in [5.41, 5.74) is 2.57. The fourth-order valence-electron chi connectivity index (χ4n) is 2.53. The van der Waals surface area contributed by atoms with Gasteiger partial charge in [0.25, 0.3) is 0 Å². The largest absolute Gasteiger partial charge is 0.103 e. The van der Waals surface area contributed by atoms with E-state index in [4.69, 9.17) is 0 Å². The van der Waals surface area contributed by atoms with Crippen LogP contribution in [0.4, 0.5) is 0 Å². The summed E-state index contributed by atoms with van der Waals surface area (Å²) < 4.78 is 0. The Hall–Kier alpha value is -2.34. The lowest BCUT2D eigenvalue weighted by Crippen LogP contribution is -1.78. The molecule has 0 saturated heterocycles. The molecule has 2 aliphatic carbocycles. The number of benzene rings is 1. The summed E-state index contributed by atoms with van der Waals surface area (Å²) in [6.07, 6.45) is 33.4. The van der Waals surface area contributed by atoms with Gasteiger partial charge in [0, 0.05) is 0 Å². The SMILES string of the molecule is C1=CCC=C1.C1=CCC=C1.C=CCC.C=Cc1ccc(CC)cc1.CCCCCCCC. The molecule has 0 N–H and O–H groups in total. The van der Waals surface area contributed by atoms with Gasteiger partial charge in [0.2, 0.25) is 0 Å². The van der Waals surface area contributed by atoms with Gasteiger partial charge in [-0.2, -0.15) is 0 Å². The first-order chi connectivity index (χ1) is 15.7. The number of allylic oxidation sites excluding steroid dienone is 9. The average molecular weight is 435 g/mol. The van der Waals surface area contributed by atoms with E-state index in [9.17, 15) is 0 Å². The predicted molar refractivity (Wildman–Crippen MR) is 151 cm³/mol. The molecule has 1 aromatic rings. The molecule has 0 saturated carbocycles. The predicted octanol–water partition coefficient (Wildman–Crippen LogP) is 10.8. The minimum atomic E-state index is 1.08. The van der Waals surface area contributed by atoms with Crippen molar-refractivity contribution >= 4 is 6.08 Å². The van der Waals surface area contributed by atoms with E-state index in [0.29, 0.717) is 0 Å². The fraction of sp³-hybridized carbons (Fsp3) is 0.438. The summed E-state index contributed by atoms with van der Waals surface area (Å²) in [4.78, 5) is 0. The summed E-state index contributed by atoms with van der Waals surface area (Å²) >= 11 is 0. The molecule has 0 aliphatic heterocycles. The maximum absolute atomic E-state index is 3.69. The zero-order valence-electron chi connectivity index (χ0n) is 21.6. The van der Waals surface area contributed by atoms with E-state index in [1.807, 2.05) is 12.2 Å². The van der Waals surface area contributed by atoms with Gasteiger partial charge in [-0.25, -0.2) is 0 Å². The van der Waals surface area contributed by atoms with Crippen LogP contribution in [-0.4, -0.2) is 0 Å². The van der Waals surface area contributed by atoms with Crippen molar-refractivity contribution in [3.8, 4) is 0 Å². The number of rotatable bonds is 8. The second-order valence-corrected chi connectivity index (χ2v) is 7.59. The van der Waals surface area contributed by atoms with E-state index in [2.05, 4.69) is 114 Å². The standard InChI is InChI=1S/C10H12.C8H18.2C5H6.C4H8/c1-3-9-5-7-10(4-2)8-6-9;1-3-5-7-8-6-4-2;2*1-2-4-5-3-1;1-3-4-2/h3,5-8H,1,4H2,2H3;3-8H2,1-2H3;2*1-4H,5H2;3H,1,4H2,2H3. The molecular formula is C32H50. The zero-order chi connectivity index (χ0) is 24.1. The van der Waals surface area contributed by atoms with Gasteiger partial charge in [-0.3, -0.25) is 0 Å². The lowest BCUT2D eigenvalue weighted by Gasteiger charge is -1.95. The number of aryl methyl sites for hydroxylation is 1. The summed E-state index contributed by atoms with van der Waals surface area (Å²) in [6.45, 7) is 15.9. The zero-order valence-corrected chi connectivity index (χ0v) is 21.6. The van der Waals surface area contributed by atoms with E-state index >= 15 is 0 Å². The first-order valence-electron chi connectivity index (χ1n) is 12.6. The molecule has 178 valence electrons. The molecule has 0 atom stereocenters. The molecule has 0 nitrogen and oxygen atoms in total. The Morgan fingerprint density at radius 3 is 1.28 bits per heavy atom. The third-order valence-corrected chi connectivity index (χ3v) is 4.68. The first kappa shape index (κ1) is 31.8. The van der Waals surface area contributed by atoms with Crippen molar-refractivity contribution in [3.05, 3.63) is 103 Å². The van der Waals surface area contributed by atoms with Gasteiger partial charge in [0.15, 0.2) is 0 Å². The molecule has 0 aromatic heterocycles. The Bertz CT molecular complexity index is 575. The lowest BCUT2D eigenvalue weighted by molar-refractivity contribution is 0.624. The molecule has 0 bridgehead atoms. The third-order valence-electron chi connectivity index (χ3n) is 4.68. The Morgan fingerprint density at radius 1 is 0.656 bits per heavy atom. The van der Waals surface area contributed by atoms with Crippen LogP contribution < -0.4 is 0 Å². The van der Waals surface area contributed by atoms with Crippen molar-refractivity contribution in [2.75, 3.05) is 0 Å². The maximum atomic E-state index is 3.69. The van der Waals surface area contributed by atoms with Crippen LogP contribution in [-0.2, 0) is 6.42 Å². The quantitative estimate of drug-likeness (QED) is 0.282. The van der Waals surface area contributed by atoms with Crippen LogP contribution in [0.2, 0.25) is 0 Å². The smallest absolute Gasteiger partial charge is 0.0163 e. The highest BCUT2D eigenvalue weighted by atomic mass is 13.9. The van der Waals surface area contributed by atoms with Crippen molar-refractivity contribution in [1.29, 1.82) is 0 Å². The van der Waals surface area contributed by atoms with Gasteiger partial charge in [-0.15, -0.1) is 6.58 Å². The van der Waals surface area contributed by atoms with Crippen LogP contribution in [0.5, 0.6) is 0 Å². The van der Waals surface area contributed by atoms with E-state index in [0.717, 1.165) is 25.7 Å². The normalized spacial score (nSPS) is 11.6. The molecular weight excluding hydrogens is 384 g/mol. The van der Waals surface area contributed by atoms with Crippen molar-refractivity contribution in [2.45, 2.75) is 91.9 Å². The van der Waals surface area contributed by atoms with E-state index in [-0.39, 0.29) is 0 Å². The van der Waals surface area contributed by atoms with E-state index in [1.165, 1.54) is 49.7 Å². The highest BCUT2D eigenvalue weighted by Crippen LogP contribution is 2.05. The second-order valence-electron chi connectivity index (χ2n) is 7.59. The monoisotopic (exact) mass is 434 g/mol. The highest BCUT2D eigenvalue weighted by Gasteiger charge is 1.86. The van der Waals surface area contributed by atoms with E-state index < -0.39 is 0 Å². The summed E-state index contributed by atoms with van der Waals surface area (Å²) in [5.74, 6) is 0. The molecule has 0 amide bonds. The molecule has 0 unspecified atom stereocenters. The van der Waals surface area contributed by atoms with Crippen molar-refractivity contribution < 1.29 is 0 Å². The Morgan fingerprint density at radius 2 is 1.06 bits per heavy atom. The third kappa shape index (κ3) is 25.7. The maximum Gasteiger partial charge on any atom is -0.0163 e. The first-order valence-corrected chi connectivity index (χ1v) is 12.6. The van der Waals surface area contributed by atoms with Gasteiger partial charge in [-0.1, -0.05) is 158 Å². The van der Waals surface area contributed by atoms with Crippen LogP contribution in [0.25, 0.3) is 6.08 Å². The Balaban J connectivity index is 0. The van der Waals surface area contributed by atoms with Crippen molar-refractivity contribution in [1.82, 2.24) is 0 Å². The van der Waals surface area contributed by atoms with Crippen molar-refractivity contribution in [3.63, 3.8) is 0 Å². The van der Waals surface area contributed by atoms with Gasteiger partial charge >= 0.3 is 0 Å². The van der Waals surface area contributed by atoms with Crippen LogP contribution in [0.3, 0.4) is 0 Å². The second kappa shape index (κ2) is 28.7. The summed E-state index contributed by atoms with van der Waals surface area (Å²) in [6, 6.07) is 8.45. The Labute approximate surface area is 201 Å². The van der Waals surface area contributed by atoms with Gasteiger partial charge in [0.1, 0.15) is 0 Å². The fourth-order valence-corrected chi connectivity index (χ4v) is 2.53. The molecule has 0 heteroatoms. The topological polar surface area (TPSA) is 0 Å². The Kier molecular flexibility index (Phi) is 28.5. The molecule has 0 radical (unpaired) electrons. The minimum Gasteiger partial charge on any atom is -0.103 e. The van der Waals surface area contributed by atoms with Gasteiger partial charge in [0.05, 0.1) is 0 Å². The number of unbranched alkanes of at least 4 members (excludes halogenated alkanes) is 5. The molecule has 0 fully saturated rings.